The first kappa shape index (κ1) is 16.5. The van der Waals surface area contributed by atoms with Gasteiger partial charge in [-0.15, -0.1) is 0 Å². The third-order valence-corrected chi connectivity index (χ3v) is 3.87. The van der Waals surface area contributed by atoms with Crippen molar-refractivity contribution in [2.45, 2.75) is 19.3 Å². The molecule has 0 amide bonds. The molecule has 22 heavy (non-hydrogen) atoms. The van der Waals surface area contributed by atoms with Gasteiger partial charge in [0.2, 0.25) is 0 Å². The summed E-state index contributed by atoms with van der Waals surface area (Å²) in [7, 11) is 0. The van der Waals surface area contributed by atoms with Crippen molar-refractivity contribution in [2.24, 2.45) is 0 Å². The van der Waals surface area contributed by atoms with Crippen LogP contribution in [0, 0.1) is 10.1 Å². The van der Waals surface area contributed by atoms with Crippen LogP contribution in [0.15, 0.2) is 48.5 Å². The Balaban J connectivity index is 1.92. The summed E-state index contributed by atoms with van der Waals surface area (Å²) in [6.07, 6.45) is 3.38. The summed E-state index contributed by atoms with van der Waals surface area (Å²) >= 11 is 3.41. The number of nitro benzene ring substituents is 1. The molecule has 4 nitrogen and oxygen atoms in total. The van der Waals surface area contributed by atoms with Gasteiger partial charge in [0.1, 0.15) is 5.75 Å². The SMILES string of the molecule is O=[N+]([O-])c1ccc(-c2ccc(OCCCCCBr)cc2)cc1. The van der Waals surface area contributed by atoms with Crippen molar-refractivity contribution in [1.29, 1.82) is 0 Å². The van der Waals surface area contributed by atoms with Crippen molar-refractivity contribution in [3.63, 3.8) is 0 Å². The van der Waals surface area contributed by atoms with E-state index in [2.05, 4.69) is 15.9 Å². The van der Waals surface area contributed by atoms with Gasteiger partial charge >= 0.3 is 0 Å². The van der Waals surface area contributed by atoms with Gasteiger partial charge in [0.05, 0.1) is 11.5 Å². The lowest BCUT2D eigenvalue weighted by molar-refractivity contribution is -0.384. The lowest BCUT2D eigenvalue weighted by Gasteiger charge is -2.07. The summed E-state index contributed by atoms with van der Waals surface area (Å²) in [5.41, 5.74) is 2.07. The first-order valence-corrected chi connectivity index (χ1v) is 8.36. The van der Waals surface area contributed by atoms with Crippen molar-refractivity contribution in [2.75, 3.05) is 11.9 Å². The van der Waals surface area contributed by atoms with E-state index < -0.39 is 4.92 Å². The quantitative estimate of drug-likeness (QED) is 0.280. The van der Waals surface area contributed by atoms with Crippen molar-refractivity contribution >= 4 is 21.6 Å². The molecule has 0 aromatic heterocycles. The molecule has 0 saturated heterocycles. The molecule has 0 atom stereocenters. The summed E-state index contributed by atoms with van der Waals surface area (Å²) in [6, 6.07) is 14.3. The van der Waals surface area contributed by atoms with Crippen molar-refractivity contribution in [1.82, 2.24) is 0 Å². The Labute approximate surface area is 138 Å². The normalized spacial score (nSPS) is 10.4. The fourth-order valence-electron chi connectivity index (χ4n) is 2.08. The highest BCUT2D eigenvalue weighted by atomic mass is 79.9. The van der Waals surface area contributed by atoms with Crippen LogP contribution in [0.2, 0.25) is 0 Å². The van der Waals surface area contributed by atoms with Crippen LogP contribution in [-0.4, -0.2) is 16.9 Å². The standard InChI is InChI=1S/C17H18BrNO3/c18-12-2-1-3-13-22-17-10-6-15(7-11-17)14-4-8-16(9-5-14)19(20)21/h4-11H,1-3,12-13H2. The predicted octanol–water partition coefficient (Wildman–Crippen LogP) is 5.21. The minimum Gasteiger partial charge on any atom is -0.494 e. The average Bonchev–Trinajstić information content (AvgIpc) is 2.55. The van der Waals surface area contributed by atoms with E-state index in [1.165, 1.54) is 18.6 Å². The smallest absolute Gasteiger partial charge is 0.269 e. The Morgan fingerprint density at radius 2 is 1.50 bits per heavy atom. The predicted molar refractivity (Wildman–Crippen MR) is 91.7 cm³/mol. The van der Waals surface area contributed by atoms with Gasteiger partial charge in [0, 0.05) is 17.5 Å². The molecule has 0 aliphatic rings. The zero-order valence-electron chi connectivity index (χ0n) is 12.2. The van der Waals surface area contributed by atoms with Gasteiger partial charge in [-0.2, -0.15) is 0 Å². The van der Waals surface area contributed by atoms with E-state index in [4.69, 9.17) is 4.74 Å². The first-order valence-electron chi connectivity index (χ1n) is 7.24. The van der Waals surface area contributed by atoms with E-state index in [1.54, 1.807) is 12.1 Å². The maximum atomic E-state index is 10.6. The number of ether oxygens (including phenoxy) is 1. The minimum absolute atomic E-state index is 0.104. The van der Waals surface area contributed by atoms with Crippen LogP contribution in [0.5, 0.6) is 5.75 Å². The highest BCUT2D eigenvalue weighted by Crippen LogP contribution is 2.24. The highest BCUT2D eigenvalue weighted by molar-refractivity contribution is 9.09. The van der Waals surface area contributed by atoms with Gasteiger partial charge in [-0.25, -0.2) is 0 Å². The zero-order chi connectivity index (χ0) is 15.8. The number of non-ortho nitro benzene ring substituents is 1. The molecule has 2 aromatic rings. The molecule has 5 heteroatoms. The number of nitro groups is 1. The molecule has 116 valence electrons. The topological polar surface area (TPSA) is 52.4 Å². The molecule has 2 aromatic carbocycles. The molecule has 0 N–H and O–H groups in total. The van der Waals surface area contributed by atoms with Crippen LogP contribution in [0.3, 0.4) is 0 Å². The second-order valence-corrected chi connectivity index (χ2v) is 5.72. The number of benzene rings is 2. The lowest BCUT2D eigenvalue weighted by Crippen LogP contribution is -1.97. The molecule has 0 spiro atoms. The Hall–Kier alpha value is -1.88. The maximum absolute atomic E-state index is 10.6. The van der Waals surface area contributed by atoms with Gasteiger partial charge in [-0.3, -0.25) is 10.1 Å². The third-order valence-electron chi connectivity index (χ3n) is 3.31. The number of rotatable bonds is 8. The van der Waals surface area contributed by atoms with Crippen LogP contribution in [0.1, 0.15) is 19.3 Å². The van der Waals surface area contributed by atoms with Crippen molar-refractivity contribution in [3.05, 3.63) is 58.6 Å². The van der Waals surface area contributed by atoms with Gasteiger partial charge in [-0.05, 0) is 54.7 Å². The van der Waals surface area contributed by atoms with Crippen LogP contribution >= 0.6 is 15.9 Å². The molecule has 0 unspecified atom stereocenters. The largest absolute Gasteiger partial charge is 0.494 e. The summed E-state index contributed by atoms with van der Waals surface area (Å²) in [6.45, 7) is 0.726. The Kier molecular flexibility index (Phi) is 6.40. The fourth-order valence-corrected chi connectivity index (χ4v) is 2.48. The zero-order valence-corrected chi connectivity index (χ0v) is 13.8. The second kappa shape index (κ2) is 8.54. The van der Waals surface area contributed by atoms with Crippen molar-refractivity contribution in [3.8, 4) is 16.9 Å². The van der Waals surface area contributed by atoms with Crippen LogP contribution in [0.4, 0.5) is 5.69 Å². The Bertz CT molecular complexity index is 596. The average molecular weight is 364 g/mol. The summed E-state index contributed by atoms with van der Waals surface area (Å²) in [5, 5.41) is 11.7. The minimum atomic E-state index is -0.393. The molecule has 0 fully saturated rings. The third kappa shape index (κ3) is 4.84. The molecule has 0 aliphatic heterocycles. The highest BCUT2D eigenvalue weighted by Gasteiger charge is 2.05. The van der Waals surface area contributed by atoms with E-state index in [0.717, 1.165) is 41.7 Å². The lowest BCUT2D eigenvalue weighted by atomic mass is 10.1. The number of unbranched alkanes of at least 4 members (excludes halogenated alkanes) is 2. The van der Waals surface area contributed by atoms with Gasteiger partial charge < -0.3 is 4.74 Å². The Morgan fingerprint density at radius 3 is 2.05 bits per heavy atom. The van der Waals surface area contributed by atoms with E-state index in [9.17, 15) is 10.1 Å². The van der Waals surface area contributed by atoms with E-state index in [1.807, 2.05) is 24.3 Å². The number of hydrogen-bond donors (Lipinski definition) is 0. The Morgan fingerprint density at radius 1 is 0.909 bits per heavy atom. The van der Waals surface area contributed by atoms with E-state index in [-0.39, 0.29) is 5.69 Å². The molecule has 0 aliphatic carbocycles. The van der Waals surface area contributed by atoms with Crippen LogP contribution in [0.25, 0.3) is 11.1 Å². The molecular weight excluding hydrogens is 346 g/mol. The van der Waals surface area contributed by atoms with Gasteiger partial charge in [0.15, 0.2) is 0 Å². The fraction of sp³-hybridized carbons (Fsp3) is 0.294. The van der Waals surface area contributed by atoms with Gasteiger partial charge in [0.25, 0.3) is 5.69 Å². The second-order valence-electron chi connectivity index (χ2n) is 4.93. The van der Waals surface area contributed by atoms with Crippen LogP contribution < -0.4 is 4.74 Å². The maximum Gasteiger partial charge on any atom is 0.269 e. The number of alkyl halides is 1. The van der Waals surface area contributed by atoms with E-state index >= 15 is 0 Å². The molecule has 0 bridgehead atoms. The van der Waals surface area contributed by atoms with Crippen LogP contribution in [-0.2, 0) is 0 Å². The number of nitrogens with zero attached hydrogens (tertiary/aromatic N) is 1. The summed E-state index contributed by atoms with van der Waals surface area (Å²) in [5.74, 6) is 0.851. The molecular formula is C17H18BrNO3. The number of hydrogen-bond acceptors (Lipinski definition) is 3. The molecule has 0 radical (unpaired) electrons. The van der Waals surface area contributed by atoms with E-state index in [0.29, 0.717) is 0 Å². The summed E-state index contributed by atoms with van der Waals surface area (Å²) in [4.78, 5) is 10.3. The molecule has 0 heterocycles. The summed E-state index contributed by atoms with van der Waals surface area (Å²) < 4.78 is 5.69. The molecule has 2 rings (SSSR count). The first-order chi connectivity index (χ1) is 10.7. The van der Waals surface area contributed by atoms with Crippen molar-refractivity contribution < 1.29 is 9.66 Å². The number of halogens is 1. The monoisotopic (exact) mass is 363 g/mol. The molecule has 0 saturated carbocycles. The van der Waals surface area contributed by atoms with Gasteiger partial charge in [-0.1, -0.05) is 28.1 Å².